The average Bonchev–Trinajstić information content (AvgIpc) is 3.35. The Morgan fingerprint density at radius 2 is 1.95 bits per heavy atom. The summed E-state index contributed by atoms with van der Waals surface area (Å²) in [7, 11) is 0. The van der Waals surface area contributed by atoms with E-state index in [-0.39, 0.29) is 6.17 Å². The standard InChI is InChI=1S/C29H37N9/c1-5-18(2)23-10-21(12-30-13-23)15-38-24-11-25(38)17-37(16-24)28-7-6-22(14-31-28)29-32-19(3)8-26(34-29)33-27-9-20(4)35-36-27/h6-10,12-14,18,24-26H,5,11,15-17H2,1-4H3,(H,32,34)(H2,33,35,36). The number of aromatic nitrogens is 4. The zero-order chi connectivity index (χ0) is 26.2. The molecule has 9 heteroatoms. The Kier molecular flexibility index (Phi) is 6.61. The highest BCUT2D eigenvalue weighted by atomic mass is 15.4. The number of H-pyrrole nitrogens is 1. The summed E-state index contributed by atoms with van der Waals surface area (Å²) in [5, 5.41) is 14.1. The number of allylic oxidation sites excluding steroid dienone is 1. The van der Waals surface area contributed by atoms with Crippen LogP contribution in [0.3, 0.4) is 0 Å². The van der Waals surface area contributed by atoms with E-state index in [1.807, 2.05) is 38.5 Å². The molecule has 3 fully saturated rings. The topological polar surface area (TPSA) is 97.4 Å². The number of aryl methyl sites for hydroxylation is 1. The van der Waals surface area contributed by atoms with Gasteiger partial charge in [-0.25, -0.2) is 9.98 Å². The molecule has 38 heavy (non-hydrogen) atoms. The minimum absolute atomic E-state index is 0.0915. The van der Waals surface area contributed by atoms with Gasteiger partial charge in [0.2, 0.25) is 0 Å². The van der Waals surface area contributed by atoms with E-state index in [2.05, 4.69) is 73.7 Å². The van der Waals surface area contributed by atoms with E-state index in [4.69, 9.17) is 9.98 Å². The predicted octanol–water partition coefficient (Wildman–Crippen LogP) is 4.18. The summed E-state index contributed by atoms with van der Waals surface area (Å²) in [6.07, 6.45) is 10.4. The summed E-state index contributed by atoms with van der Waals surface area (Å²) in [4.78, 5) is 19.2. The average molecular weight is 512 g/mol. The van der Waals surface area contributed by atoms with Crippen LogP contribution in [0.25, 0.3) is 0 Å². The summed E-state index contributed by atoms with van der Waals surface area (Å²) < 4.78 is 0. The lowest BCUT2D eigenvalue weighted by molar-refractivity contribution is -0.00877. The van der Waals surface area contributed by atoms with E-state index in [0.717, 1.165) is 60.5 Å². The molecule has 3 saturated heterocycles. The first-order valence-electron chi connectivity index (χ1n) is 13.7. The number of piperazine rings is 1. The fraction of sp³-hybridized carbons (Fsp3) is 0.448. The summed E-state index contributed by atoms with van der Waals surface area (Å²) in [5.41, 5.74) is 5.62. The number of aromatic amines is 1. The Bertz CT molecular complexity index is 1330. The molecule has 9 nitrogen and oxygen atoms in total. The molecule has 4 aliphatic heterocycles. The monoisotopic (exact) mass is 511 g/mol. The van der Waals surface area contributed by atoms with Crippen LogP contribution in [0.4, 0.5) is 11.6 Å². The van der Waals surface area contributed by atoms with Crippen molar-refractivity contribution in [2.24, 2.45) is 4.99 Å². The summed E-state index contributed by atoms with van der Waals surface area (Å²) in [6, 6.07) is 9.71. The first kappa shape index (κ1) is 24.6. The fourth-order valence-corrected chi connectivity index (χ4v) is 5.71. The SMILES string of the molecule is CCC(C)c1cncc(CN2C3CC2CN(c2ccc(C4=NC(C)=CC(Nc5cc(C)[nH]n5)N4)cn2)C3)c1. The number of rotatable bonds is 8. The maximum atomic E-state index is 4.84. The van der Waals surface area contributed by atoms with Gasteiger partial charge in [0.25, 0.3) is 0 Å². The highest BCUT2D eigenvalue weighted by molar-refractivity contribution is 6.00. The Labute approximate surface area is 224 Å². The molecule has 4 atom stereocenters. The molecule has 0 amide bonds. The molecular weight excluding hydrogens is 474 g/mol. The molecule has 0 radical (unpaired) electrons. The summed E-state index contributed by atoms with van der Waals surface area (Å²) >= 11 is 0. The van der Waals surface area contributed by atoms with Crippen LogP contribution in [0.5, 0.6) is 0 Å². The maximum absolute atomic E-state index is 4.84. The van der Waals surface area contributed by atoms with Crippen molar-refractivity contribution in [1.82, 2.24) is 30.4 Å². The van der Waals surface area contributed by atoms with Crippen molar-refractivity contribution in [3.63, 3.8) is 0 Å². The molecule has 3 aromatic heterocycles. The Morgan fingerprint density at radius 1 is 1.11 bits per heavy atom. The van der Waals surface area contributed by atoms with Crippen LogP contribution in [-0.4, -0.2) is 62.2 Å². The van der Waals surface area contributed by atoms with Gasteiger partial charge in [0.1, 0.15) is 23.6 Å². The molecule has 0 saturated carbocycles. The van der Waals surface area contributed by atoms with E-state index in [1.165, 1.54) is 17.5 Å². The van der Waals surface area contributed by atoms with Crippen LogP contribution in [0.15, 0.2) is 59.6 Å². The summed E-state index contributed by atoms with van der Waals surface area (Å²) in [6.45, 7) is 11.5. The minimum atomic E-state index is -0.0915. The van der Waals surface area contributed by atoms with Gasteiger partial charge in [0.05, 0.1) is 0 Å². The van der Waals surface area contributed by atoms with Gasteiger partial charge in [-0.2, -0.15) is 5.10 Å². The molecule has 3 N–H and O–H groups in total. The van der Waals surface area contributed by atoms with E-state index < -0.39 is 0 Å². The van der Waals surface area contributed by atoms with E-state index in [0.29, 0.717) is 18.0 Å². The molecule has 4 unspecified atom stereocenters. The van der Waals surface area contributed by atoms with Gasteiger partial charge < -0.3 is 15.5 Å². The molecule has 0 aromatic carbocycles. The van der Waals surface area contributed by atoms with Gasteiger partial charge >= 0.3 is 0 Å². The van der Waals surface area contributed by atoms with Gasteiger partial charge in [0, 0.05) is 73.3 Å². The van der Waals surface area contributed by atoms with Crippen molar-refractivity contribution in [3.05, 3.63) is 77.0 Å². The molecule has 7 rings (SSSR count). The maximum Gasteiger partial charge on any atom is 0.149 e. The van der Waals surface area contributed by atoms with Crippen molar-refractivity contribution in [2.75, 3.05) is 23.3 Å². The first-order chi connectivity index (χ1) is 18.4. The number of hydrogen-bond acceptors (Lipinski definition) is 8. The highest BCUT2D eigenvalue weighted by Gasteiger charge is 2.44. The number of hydrogen-bond donors (Lipinski definition) is 3. The second-order valence-electron chi connectivity index (χ2n) is 10.9. The Balaban J connectivity index is 1.07. The second kappa shape index (κ2) is 10.2. The third-order valence-corrected chi connectivity index (χ3v) is 8.05. The Morgan fingerprint density at radius 3 is 2.66 bits per heavy atom. The van der Waals surface area contributed by atoms with Crippen LogP contribution < -0.4 is 15.5 Å². The van der Waals surface area contributed by atoms with Gasteiger partial charge in [-0.3, -0.25) is 15.0 Å². The number of fused-ring (bicyclic) bond motifs is 2. The zero-order valence-electron chi connectivity index (χ0n) is 22.6. The molecule has 0 spiro atoms. The fourth-order valence-electron chi connectivity index (χ4n) is 5.71. The number of pyridine rings is 2. The lowest BCUT2D eigenvalue weighted by Crippen LogP contribution is -2.68. The number of nitrogens with one attached hydrogen (secondary N) is 3. The van der Waals surface area contributed by atoms with Crippen LogP contribution in [-0.2, 0) is 6.54 Å². The normalized spacial score (nSPS) is 23.7. The van der Waals surface area contributed by atoms with Gasteiger partial charge in [-0.1, -0.05) is 19.9 Å². The highest BCUT2D eigenvalue weighted by Crippen LogP contribution is 2.35. The van der Waals surface area contributed by atoms with Crippen molar-refractivity contribution in [2.45, 2.75) is 71.2 Å². The van der Waals surface area contributed by atoms with Crippen molar-refractivity contribution in [3.8, 4) is 0 Å². The Hall–Kier alpha value is -3.72. The lowest BCUT2D eigenvalue weighted by atomic mass is 9.86. The third kappa shape index (κ3) is 5.03. The quantitative estimate of drug-likeness (QED) is 0.417. The molecule has 0 aliphatic carbocycles. The molecule has 198 valence electrons. The molecule has 4 aliphatic rings. The number of anilines is 2. The number of nitrogens with zero attached hydrogens (tertiary/aromatic N) is 6. The first-order valence-corrected chi connectivity index (χ1v) is 13.7. The minimum Gasteiger partial charge on any atom is -0.353 e. The number of aliphatic imine (C=N–C) groups is 1. The molecule has 2 bridgehead atoms. The zero-order valence-corrected chi connectivity index (χ0v) is 22.6. The van der Waals surface area contributed by atoms with Gasteiger partial charge in [0.15, 0.2) is 0 Å². The lowest BCUT2D eigenvalue weighted by Gasteiger charge is -2.56. The second-order valence-corrected chi connectivity index (χ2v) is 10.9. The number of piperidine rings is 1. The molecule has 3 aromatic rings. The van der Waals surface area contributed by atoms with Crippen LogP contribution in [0, 0.1) is 6.92 Å². The predicted molar refractivity (Wildman–Crippen MR) is 151 cm³/mol. The van der Waals surface area contributed by atoms with Crippen molar-refractivity contribution in [1.29, 1.82) is 0 Å². The van der Waals surface area contributed by atoms with E-state index >= 15 is 0 Å². The van der Waals surface area contributed by atoms with Gasteiger partial charge in [-0.05, 0) is 61.9 Å². The smallest absolute Gasteiger partial charge is 0.149 e. The van der Waals surface area contributed by atoms with Crippen LogP contribution >= 0.6 is 0 Å². The van der Waals surface area contributed by atoms with E-state index in [1.54, 1.807) is 0 Å². The van der Waals surface area contributed by atoms with E-state index in [9.17, 15) is 0 Å². The van der Waals surface area contributed by atoms with Crippen LogP contribution in [0.2, 0.25) is 0 Å². The molecular formula is C29H37N9. The van der Waals surface area contributed by atoms with Crippen LogP contribution in [0.1, 0.15) is 61.9 Å². The summed E-state index contributed by atoms with van der Waals surface area (Å²) in [5.74, 6) is 3.21. The van der Waals surface area contributed by atoms with Crippen molar-refractivity contribution < 1.29 is 0 Å². The molecule has 7 heterocycles. The third-order valence-electron chi connectivity index (χ3n) is 8.05. The van der Waals surface area contributed by atoms with Crippen molar-refractivity contribution >= 4 is 17.5 Å². The number of amidine groups is 1. The largest absolute Gasteiger partial charge is 0.353 e. The van der Waals surface area contributed by atoms with Gasteiger partial charge in [-0.15, -0.1) is 0 Å².